The van der Waals surface area contributed by atoms with Crippen molar-refractivity contribution in [1.82, 2.24) is 9.97 Å². The van der Waals surface area contributed by atoms with E-state index in [2.05, 4.69) is 9.97 Å². The molecule has 0 fully saturated rings. The van der Waals surface area contributed by atoms with Gasteiger partial charge in [-0.2, -0.15) is 4.98 Å². The maximum absolute atomic E-state index is 13.0. The number of nitrogens with zero attached hydrogens (tertiary/aromatic N) is 2. The molecule has 0 aliphatic rings. The summed E-state index contributed by atoms with van der Waals surface area (Å²) in [5.74, 6) is 0.181. The van der Waals surface area contributed by atoms with Crippen LogP contribution >= 0.6 is 11.6 Å². The lowest BCUT2D eigenvalue weighted by atomic mass is 10.1. The zero-order valence-corrected chi connectivity index (χ0v) is 14.1. The summed E-state index contributed by atoms with van der Waals surface area (Å²) in [6, 6.07) is 14.1. The van der Waals surface area contributed by atoms with Crippen LogP contribution in [0, 0.1) is 12.7 Å². The molecule has 0 N–H and O–H groups in total. The van der Waals surface area contributed by atoms with Crippen LogP contribution in [0.15, 0.2) is 54.6 Å². The number of ether oxygens (including phenoxy) is 1. The molecule has 0 unspecified atom stereocenters. The van der Waals surface area contributed by atoms with Crippen molar-refractivity contribution in [2.45, 2.75) is 6.92 Å². The summed E-state index contributed by atoms with van der Waals surface area (Å²) < 4.78 is 18.6. The van der Waals surface area contributed by atoms with Crippen LogP contribution in [0.2, 0.25) is 5.02 Å². The molecular weight excluding hydrogens is 343 g/mol. The van der Waals surface area contributed by atoms with Gasteiger partial charge in [0.1, 0.15) is 5.82 Å². The molecule has 126 valence electrons. The molecular formula is C19H14ClFN2O2. The lowest BCUT2D eigenvalue weighted by molar-refractivity contribution is 0.0918. The molecule has 0 aliphatic carbocycles. The third kappa shape index (κ3) is 4.39. The van der Waals surface area contributed by atoms with E-state index in [9.17, 15) is 9.18 Å². The van der Waals surface area contributed by atoms with Gasteiger partial charge in [-0.3, -0.25) is 4.79 Å². The maximum atomic E-state index is 13.0. The lowest BCUT2D eigenvalue weighted by Gasteiger charge is -2.08. The molecule has 0 atom stereocenters. The monoisotopic (exact) mass is 356 g/mol. The van der Waals surface area contributed by atoms with Crippen molar-refractivity contribution in [1.29, 1.82) is 0 Å². The van der Waals surface area contributed by atoms with Crippen LogP contribution in [0.1, 0.15) is 16.1 Å². The fourth-order valence-electron chi connectivity index (χ4n) is 2.20. The number of carbonyl (C=O) groups excluding carboxylic acids is 1. The van der Waals surface area contributed by atoms with E-state index in [1.54, 1.807) is 49.4 Å². The number of carbonyl (C=O) groups is 1. The molecule has 0 saturated carbocycles. The highest BCUT2D eigenvalue weighted by Crippen LogP contribution is 2.19. The fourth-order valence-corrected chi connectivity index (χ4v) is 2.33. The third-order valence-corrected chi connectivity index (χ3v) is 3.70. The normalized spacial score (nSPS) is 10.5. The lowest BCUT2D eigenvalue weighted by Crippen LogP contribution is -2.12. The number of rotatable bonds is 5. The number of aromatic nitrogens is 2. The second kappa shape index (κ2) is 7.40. The van der Waals surface area contributed by atoms with E-state index in [1.165, 1.54) is 12.1 Å². The minimum absolute atomic E-state index is 0.152. The molecule has 0 amide bonds. The predicted octanol–water partition coefficient (Wildman–Crippen LogP) is 4.51. The molecule has 0 spiro atoms. The number of ketones is 1. The standard InChI is InChI=1S/C19H14ClFN2O2/c1-12-10-18(23-19(22-12)14-4-8-16(21)9-5-14)25-11-17(24)13-2-6-15(20)7-3-13/h2-10H,11H2,1H3. The van der Waals surface area contributed by atoms with E-state index < -0.39 is 0 Å². The molecule has 0 bridgehead atoms. The SMILES string of the molecule is Cc1cc(OCC(=O)c2ccc(Cl)cc2)nc(-c2ccc(F)cc2)n1. The Balaban J connectivity index is 1.75. The Morgan fingerprint density at radius 3 is 2.44 bits per heavy atom. The summed E-state index contributed by atoms with van der Waals surface area (Å²) >= 11 is 5.81. The molecule has 1 heterocycles. The van der Waals surface area contributed by atoms with Crippen molar-refractivity contribution in [2.24, 2.45) is 0 Å². The average molecular weight is 357 g/mol. The second-order valence-corrected chi connectivity index (χ2v) is 5.83. The van der Waals surface area contributed by atoms with Crippen LogP contribution < -0.4 is 4.74 Å². The maximum Gasteiger partial charge on any atom is 0.217 e. The summed E-state index contributed by atoms with van der Waals surface area (Å²) in [6.45, 7) is 1.64. The Bertz CT molecular complexity index is 896. The molecule has 2 aromatic carbocycles. The quantitative estimate of drug-likeness (QED) is 0.631. The van der Waals surface area contributed by atoms with Gasteiger partial charge in [0.2, 0.25) is 5.88 Å². The van der Waals surface area contributed by atoms with Crippen molar-refractivity contribution in [3.8, 4) is 17.3 Å². The van der Waals surface area contributed by atoms with E-state index in [4.69, 9.17) is 16.3 Å². The largest absolute Gasteiger partial charge is 0.469 e. The number of aryl methyl sites for hydroxylation is 1. The molecule has 3 rings (SSSR count). The summed E-state index contributed by atoms with van der Waals surface area (Å²) in [6.07, 6.45) is 0. The summed E-state index contributed by atoms with van der Waals surface area (Å²) in [7, 11) is 0. The Morgan fingerprint density at radius 1 is 1.08 bits per heavy atom. The van der Waals surface area contributed by atoms with Gasteiger partial charge in [0.05, 0.1) is 0 Å². The molecule has 6 heteroatoms. The highest BCUT2D eigenvalue weighted by Gasteiger charge is 2.10. The van der Waals surface area contributed by atoms with Crippen molar-refractivity contribution >= 4 is 17.4 Å². The van der Waals surface area contributed by atoms with Gasteiger partial charge in [-0.25, -0.2) is 9.37 Å². The summed E-state index contributed by atoms with van der Waals surface area (Å²) in [5, 5.41) is 0.563. The van der Waals surface area contributed by atoms with Gasteiger partial charge in [-0.15, -0.1) is 0 Å². The number of benzene rings is 2. The van der Waals surface area contributed by atoms with Crippen LogP contribution in [-0.4, -0.2) is 22.4 Å². The van der Waals surface area contributed by atoms with Crippen LogP contribution in [0.4, 0.5) is 4.39 Å². The molecule has 25 heavy (non-hydrogen) atoms. The molecule has 0 saturated heterocycles. The minimum atomic E-state index is -0.332. The number of hydrogen-bond acceptors (Lipinski definition) is 4. The first-order valence-electron chi connectivity index (χ1n) is 7.54. The summed E-state index contributed by atoms with van der Waals surface area (Å²) in [5.41, 5.74) is 1.86. The van der Waals surface area contributed by atoms with Crippen molar-refractivity contribution < 1.29 is 13.9 Å². The van der Waals surface area contributed by atoms with E-state index in [-0.39, 0.29) is 24.1 Å². The minimum Gasteiger partial charge on any atom is -0.469 e. The number of halogens is 2. The van der Waals surface area contributed by atoms with Gasteiger partial charge in [0.25, 0.3) is 0 Å². The Kier molecular flexibility index (Phi) is 5.05. The van der Waals surface area contributed by atoms with Gasteiger partial charge in [0.15, 0.2) is 18.2 Å². The van der Waals surface area contributed by atoms with Crippen LogP contribution in [-0.2, 0) is 0 Å². The zero-order chi connectivity index (χ0) is 17.8. The average Bonchev–Trinajstić information content (AvgIpc) is 2.60. The molecule has 4 nitrogen and oxygen atoms in total. The highest BCUT2D eigenvalue weighted by atomic mass is 35.5. The first-order chi connectivity index (χ1) is 12.0. The Labute approximate surface area is 149 Å². The number of Topliss-reactive ketones (excluding diaryl/α,β-unsaturated/α-hetero) is 1. The first kappa shape index (κ1) is 17.0. The summed E-state index contributed by atoms with van der Waals surface area (Å²) in [4.78, 5) is 20.8. The van der Waals surface area contributed by atoms with Gasteiger partial charge in [-0.05, 0) is 55.5 Å². The van der Waals surface area contributed by atoms with Crippen LogP contribution in [0.5, 0.6) is 5.88 Å². The topological polar surface area (TPSA) is 52.1 Å². The van der Waals surface area contributed by atoms with Gasteiger partial charge in [-0.1, -0.05) is 11.6 Å². The van der Waals surface area contributed by atoms with Crippen LogP contribution in [0.25, 0.3) is 11.4 Å². The zero-order valence-electron chi connectivity index (χ0n) is 13.4. The van der Waals surface area contributed by atoms with Crippen LogP contribution in [0.3, 0.4) is 0 Å². The smallest absolute Gasteiger partial charge is 0.217 e. The van der Waals surface area contributed by atoms with Crippen molar-refractivity contribution in [3.63, 3.8) is 0 Å². The van der Waals surface area contributed by atoms with E-state index in [1.807, 2.05) is 0 Å². The van der Waals surface area contributed by atoms with E-state index in [0.29, 0.717) is 27.7 Å². The van der Waals surface area contributed by atoms with E-state index >= 15 is 0 Å². The van der Waals surface area contributed by atoms with Crippen molar-refractivity contribution in [3.05, 3.63) is 76.7 Å². The Hall–Kier alpha value is -2.79. The number of hydrogen-bond donors (Lipinski definition) is 0. The van der Waals surface area contributed by atoms with E-state index in [0.717, 1.165) is 0 Å². The Morgan fingerprint density at radius 2 is 1.76 bits per heavy atom. The molecule has 3 aromatic rings. The predicted molar refractivity (Wildman–Crippen MR) is 93.4 cm³/mol. The fraction of sp³-hybridized carbons (Fsp3) is 0.105. The molecule has 0 radical (unpaired) electrons. The second-order valence-electron chi connectivity index (χ2n) is 5.40. The molecule has 0 aliphatic heterocycles. The third-order valence-electron chi connectivity index (χ3n) is 3.45. The van der Waals surface area contributed by atoms with Gasteiger partial charge < -0.3 is 4.74 Å². The van der Waals surface area contributed by atoms with Crippen molar-refractivity contribution in [2.75, 3.05) is 6.61 Å². The molecule has 1 aromatic heterocycles. The highest BCUT2D eigenvalue weighted by molar-refractivity contribution is 6.30. The van der Waals surface area contributed by atoms with Gasteiger partial charge >= 0.3 is 0 Å². The van der Waals surface area contributed by atoms with Gasteiger partial charge in [0, 0.05) is 27.9 Å². The first-order valence-corrected chi connectivity index (χ1v) is 7.92.